The molecule has 2 amide bonds. The van der Waals surface area contributed by atoms with Crippen LogP contribution >= 0.6 is 0 Å². The summed E-state index contributed by atoms with van der Waals surface area (Å²) in [6.07, 6.45) is 3.15. The molecular formula is C19H33N7O3. The van der Waals surface area contributed by atoms with E-state index < -0.39 is 5.60 Å². The summed E-state index contributed by atoms with van der Waals surface area (Å²) < 4.78 is 7.03. The smallest absolute Gasteiger partial charge is 0.410 e. The van der Waals surface area contributed by atoms with Crippen LogP contribution in [0.4, 0.5) is 10.5 Å². The topological polar surface area (TPSA) is 95.3 Å². The van der Waals surface area contributed by atoms with Crippen molar-refractivity contribution < 1.29 is 14.3 Å². The Morgan fingerprint density at radius 3 is 2.66 bits per heavy atom. The van der Waals surface area contributed by atoms with Crippen molar-refractivity contribution in [1.82, 2.24) is 24.9 Å². The number of carbonyl (C=O) groups excluding carboxylic acids is 2. The van der Waals surface area contributed by atoms with Crippen LogP contribution in [0.15, 0.2) is 17.4 Å². The molecule has 10 heteroatoms. The lowest BCUT2D eigenvalue weighted by Crippen LogP contribution is -2.55. The van der Waals surface area contributed by atoms with Gasteiger partial charge in [0.1, 0.15) is 12.1 Å². The zero-order valence-electron chi connectivity index (χ0n) is 18.3. The number of nitrogens with one attached hydrogen (secondary N) is 1. The number of amides is 2. The minimum absolute atomic E-state index is 0.000672. The standard InChI is InChI=1S/C19H33N7O3/c1-7-20-17(21-8-9-23(5)18(28)29-19(2,3)4)25-10-11-26(16(27)14-25)15-12-22-24(6)13-15/h12-13H,7-11,14H2,1-6H3,(H,20,21). The van der Waals surface area contributed by atoms with Crippen molar-refractivity contribution in [3.63, 3.8) is 0 Å². The van der Waals surface area contributed by atoms with Gasteiger partial charge in [0, 0.05) is 46.5 Å². The van der Waals surface area contributed by atoms with Crippen molar-refractivity contribution in [2.24, 2.45) is 12.0 Å². The number of likely N-dealkylation sites (N-methyl/N-ethyl adjacent to an activating group) is 1. The van der Waals surface area contributed by atoms with E-state index in [9.17, 15) is 9.59 Å². The molecule has 0 aromatic carbocycles. The summed E-state index contributed by atoms with van der Waals surface area (Å²) in [6.45, 7) is 10.5. The number of aromatic nitrogens is 2. The maximum Gasteiger partial charge on any atom is 0.410 e. The van der Waals surface area contributed by atoms with Crippen LogP contribution in [0, 0.1) is 0 Å². The molecule has 0 spiro atoms. The molecule has 1 aliphatic rings. The monoisotopic (exact) mass is 407 g/mol. The highest BCUT2D eigenvalue weighted by molar-refractivity contribution is 5.98. The average molecular weight is 408 g/mol. The molecule has 29 heavy (non-hydrogen) atoms. The van der Waals surface area contributed by atoms with Gasteiger partial charge in [0.25, 0.3) is 0 Å². The third-order valence-electron chi connectivity index (χ3n) is 4.26. The van der Waals surface area contributed by atoms with E-state index in [1.807, 2.05) is 45.8 Å². The molecule has 1 aromatic heterocycles. The molecule has 0 unspecified atom stereocenters. The summed E-state index contributed by atoms with van der Waals surface area (Å²) >= 11 is 0. The third-order valence-corrected chi connectivity index (χ3v) is 4.26. The summed E-state index contributed by atoms with van der Waals surface area (Å²) in [6, 6.07) is 0. The zero-order valence-corrected chi connectivity index (χ0v) is 18.3. The second-order valence-electron chi connectivity index (χ2n) is 7.98. The van der Waals surface area contributed by atoms with E-state index in [2.05, 4.69) is 15.4 Å². The second-order valence-corrected chi connectivity index (χ2v) is 7.98. The SMILES string of the molecule is CCNC(=NCCN(C)C(=O)OC(C)(C)C)N1CCN(c2cnn(C)c2)C(=O)C1. The number of aryl methyl sites for hydroxylation is 1. The molecule has 0 bridgehead atoms. The number of piperazine rings is 1. The van der Waals surface area contributed by atoms with Gasteiger partial charge in [0.15, 0.2) is 5.96 Å². The highest BCUT2D eigenvalue weighted by atomic mass is 16.6. The van der Waals surface area contributed by atoms with Gasteiger partial charge < -0.3 is 24.8 Å². The zero-order chi connectivity index (χ0) is 21.6. The van der Waals surface area contributed by atoms with Crippen LogP contribution in [0.2, 0.25) is 0 Å². The molecule has 0 saturated carbocycles. The Morgan fingerprint density at radius 1 is 1.38 bits per heavy atom. The maximum absolute atomic E-state index is 12.6. The fraction of sp³-hybridized carbons (Fsp3) is 0.684. The van der Waals surface area contributed by atoms with Crippen molar-refractivity contribution in [2.75, 3.05) is 51.2 Å². The first-order chi connectivity index (χ1) is 13.6. The summed E-state index contributed by atoms with van der Waals surface area (Å²) in [5.41, 5.74) is 0.274. The molecule has 2 heterocycles. The Bertz CT molecular complexity index is 738. The van der Waals surface area contributed by atoms with E-state index in [1.165, 1.54) is 4.90 Å². The van der Waals surface area contributed by atoms with E-state index in [-0.39, 0.29) is 18.5 Å². The lowest BCUT2D eigenvalue weighted by molar-refractivity contribution is -0.120. The number of hydrogen-bond donors (Lipinski definition) is 1. The second kappa shape index (κ2) is 9.62. The van der Waals surface area contributed by atoms with E-state index in [0.717, 1.165) is 5.69 Å². The van der Waals surface area contributed by atoms with Crippen LogP contribution in [0.25, 0.3) is 0 Å². The molecule has 1 saturated heterocycles. The van der Waals surface area contributed by atoms with Crippen LogP contribution in [-0.4, -0.2) is 89.5 Å². The number of hydrogen-bond acceptors (Lipinski definition) is 5. The van der Waals surface area contributed by atoms with Gasteiger partial charge in [-0.3, -0.25) is 14.5 Å². The molecular weight excluding hydrogens is 374 g/mol. The molecule has 1 aliphatic heterocycles. The molecule has 0 aliphatic carbocycles. The largest absolute Gasteiger partial charge is 0.444 e. The van der Waals surface area contributed by atoms with Gasteiger partial charge in [-0.15, -0.1) is 0 Å². The predicted molar refractivity (Wildman–Crippen MR) is 112 cm³/mol. The molecule has 1 fully saturated rings. The normalized spacial score (nSPS) is 15.5. The number of aliphatic imine (C=N–C) groups is 1. The Hall–Kier alpha value is -2.78. The predicted octanol–water partition coefficient (Wildman–Crippen LogP) is 0.901. The lowest BCUT2D eigenvalue weighted by atomic mass is 10.2. The highest BCUT2D eigenvalue weighted by Gasteiger charge is 2.27. The first-order valence-electron chi connectivity index (χ1n) is 9.87. The van der Waals surface area contributed by atoms with E-state index in [0.29, 0.717) is 38.7 Å². The van der Waals surface area contributed by atoms with Crippen LogP contribution in [-0.2, 0) is 16.6 Å². The van der Waals surface area contributed by atoms with Gasteiger partial charge in [0.05, 0.1) is 18.4 Å². The Morgan fingerprint density at radius 2 is 2.10 bits per heavy atom. The van der Waals surface area contributed by atoms with Crippen molar-refractivity contribution in [3.05, 3.63) is 12.4 Å². The van der Waals surface area contributed by atoms with E-state index in [4.69, 9.17) is 4.74 Å². The average Bonchev–Trinajstić information content (AvgIpc) is 3.05. The van der Waals surface area contributed by atoms with E-state index in [1.54, 1.807) is 22.8 Å². The Kier molecular flexibility index (Phi) is 7.46. The highest BCUT2D eigenvalue weighted by Crippen LogP contribution is 2.16. The van der Waals surface area contributed by atoms with Crippen LogP contribution in [0.5, 0.6) is 0 Å². The van der Waals surface area contributed by atoms with Crippen molar-refractivity contribution in [1.29, 1.82) is 0 Å². The first kappa shape index (κ1) is 22.5. The number of carbonyl (C=O) groups is 2. The first-order valence-corrected chi connectivity index (χ1v) is 9.87. The van der Waals surface area contributed by atoms with Crippen molar-refractivity contribution >= 4 is 23.6 Å². The third kappa shape index (κ3) is 6.65. The van der Waals surface area contributed by atoms with Gasteiger partial charge in [-0.05, 0) is 27.7 Å². The van der Waals surface area contributed by atoms with Crippen LogP contribution in [0.3, 0.4) is 0 Å². The van der Waals surface area contributed by atoms with Gasteiger partial charge >= 0.3 is 6.09 Å². The van der Waals surface area contributed by atoms with Gasteiger partial charge in [0.2, 0.25) is 5.91 Å². The summed E-state index contributed by atoms with van der Waals surface area (Å²) in [5, 5.41) is 7.36. The minimum atomic E-state index is -0.530. The van der Waals surface area contributed by atoms with Crippen molar-refractivity contribution in [3.8, 4) is 0 Å². The van der Waals surface area contributed by atoms with Gasteiger partial charge in [-0.1, -0.05) is 0 Å². The molecule has 0 radical (unpaired) electrons. The van der Waals surface area contributed by atoms with Crippen LogP contribution < -0.4 is 10.2 Å². The van der Waals surface area contributed by atoms with Crippen molar-refractivity contribution in [2.45, 2.75) is 33.3 Å². The molecule has 0 atom stereocenters. The number of rotatable bonds is 5. The van der Waals surface area contributed by atoms with Gasteiger partial charge in [-0.2, -0.15) is 5.10 Å². The summed E-state index contributed by atoms with van der Waals surface area (Å²) in [5.74, 6) is 0.671. The Balaban J connectivity index is 1.93. The quantitative estimate of drug-likeness (QED) is 0.576. The molecule has 10 nitrogen and oxygen atoms in total. The fourth-order valence-corrected chi connectivity index (χ4v) is 2.84. The van der Waals surface area contributed by atoms with Gasteiger partial charge in [-0.25, -0.2) is 4.79 Å². The Labute approximate surface area is 172 Å². The molecule has 1 aromatic rings. The van der Waals surface area contributed by atoms with Crippen LogP contribution in [0.1, 0.15) is 27.7 Å². The number of ether oxygens (including phenoxy) is 1. The minimum Gasteiger partial charge on any atom is -0.444 e. The summed E-state index contributed by atoms with van der Waals surface area (Å²) in [4.78, 5) is 34.4. The number of nitrogens with zero attached hydrogens (tertiary/aromatic N) is 6. The molecule has 1 N–H and O–H groups in total. The van der Waals surface area contributed by atoms with E-state index >= 15 is 0 Å². The molecule has 162 valence electrons. The lowest BCUT2D eigenvalue weighted by Gasteiger charge is -2.35. The number of guanidine groups is 1. The summed E-state index contributed by atoms with van der Waals surface area (Å²) in [7, 11) is 3.52. The maximum atomic E-state index is 12.6. The fourth-order valence-electron chi connectivity index (χ4n) is 2.84. The molecule has 2 rings (SSSR count). The number of anilines is 1.